The number of amides is 2. The number of hydrogen-bond donors (Lipinski definition) is 0. The molecule has 0 N–H and O–H groups in total. The summed E-state index contributed by atoms with van der Waals surface area (Å²) >= 11 is 7.78. The minimum Gasteiger partial charge on any atom is -0.330 e. The van der Waals surface area contributed by atoms with E-state index >= 15 is 0 Å². The van der Waals surface area contributed by atoms with E-state index in [9.17, 15) is 14.0 Å². The topological polar surface area (TPSA) is 40.6 Å². The van der Waals surface area contributed by atoms with Crippen LogP contribution in [0.2, 0.25) is 5.02 Å². The van der Waals surface area contributed by atoms with Crippen molar-refractivity contribution in [2.75, 3.05) is 13.1 Å². The van der Waals surface area contributed by atoms with Gasteiger partial charge in [0.15, 0.2) is 0 Å². The zero-order valence-electron chi connectivity index (χ0n) is 17.9. The minimum atomic E-state index is -0.587. The SMILES string of the molecule is CC(C)N(CC(=O)N1CCc2sccc2C1c1ccc(Cl)cc1)C(=O)c1ccccc1F. The molecule has 1 aromatic heterocycles. The number of benzene rings is 2. The number of carbonyl (C=O) groups excluding carboxylic acids is 2. The Hall–Kier alpha value is -2.70. The third-order valence-corrected chi connectivity index (χ3v) is 7.01. The lowest BCUT2D eigenvalue weighted by atomic mass is 9.93. The predicted octanol–water partition coefficient (Wildman–Crippen LogP) is 5.57. The van der Waals surface area contributed by atoms with Gasteiger partial charge in [-0.25, -0.2) is 4.39 Å². The van der Waals surface area contributed by atoms with Crippen LogP contribution in [0, 0.1) is 5.82 Å². The highest BCUT2D eigenvalue weighted by Crippen LogP contribution is 2.38. The van der Waals surface area contributed by atoms with Crippen molar-refractivity contribution < 1.29 is 14.0 Å². The van der Waals surface area contributed by atoms with Gasteiger partial charge in [0.1, 0.15) is 12.4 Å². The fourth-order valence-electron chi connectivity index (χ4n) is 4.10. The van der Waals surface area contributed by atoms with Gasteiger partial charge in [0.2, 0.25) is 5.91 Å². The average molecular weight is 471 g/mol. The van der Waals surface area contributed by atoms with E-state index in [4.69, 9.17) is 11.6 Å². The average Bonchev–Trinajstić information content (AvgIpc) is 3.26. The van der Waals surface area contributed by atoms with Crippen molar-refractivity contribution in [2.24, 2.45) is 0 Å². The molecule has 4 rings (SSSR count). The monoisotopic (exact) mass is 470 g/mol. The predicted molar refractivity (Wildman–Crippen MR) is 126 cm³/mol. The van der Waals surface area contributed by atoms with E-state index in [1.807, 2.05) is 48.4 Å². The Bertz CT molecular complexity index is 1130. The third-order valence-electron chi connectivity index (χ3n) is 5.77. The Balaban J connectivity index is 1.63. The van der Waals surface area contributed by atoms with Crippen molar-refractivity contribution in [3.05, 3.63) is 92.4 Å². The van der Waals surface area contributed by atoms with E-state index < -0.39 is 11.7 Å². The van der Waals surface area contributed by atoms with Crippen molar-refractivity contribution in [1.29, 1.82) is 0 Å². The molecule has 0 fully saturated rings. The standard InChI is InChI=1S/C25H24ClFN2O2S/c1-16(2)29(25(31)19-5-3-4-6-21(19)27)15-23(30)28-13-11-22-20(12-14-32-22)24(28)17-7-9-18(26)10-8-17/h3-10,12,14,16,24H,11,13,15H2,1-2H3. The van der Waals surface area contributed by atoms with E-state index in [-0.39, 0.29) is 30.1 Å². The Labute approximate surface area is 196 Å². The summed E-state index contributed by atoms with van der Waals surface area (Å²) in [6, 6.07) is 14.9. The summed E-state index contributed by atoms with van der Waals surface area (Å²) in [6.45, 7) is 4.10. The van der Waals surface area contributed by atoms with Crippen LogP contribution < -0.4 is 0 Å². The van der Waals surface area contributed by atoms with Crippen molar-refractivity contribution in [3.8, 4) is 0 Å². The van der Waals surface area contributed by atoms with Crippen LogP contribution >= 0.6 is 22.9 Å². The lowest BCUT2D eigenvalue weighted by Gasteiger charge is -2.38. The molecule has 1 aliphatic rings. The van der Waals surface area contributed by atoms with Gasteiger partial charge in [-0.1, -0.05) is 35.9 Å². The van der Waals surface area contributed by atoms with Crippen LogP contribution in [0.5, 0.6) is 0 Å². The molecule has 1 aliphatic heterocycles. The molecule has 2 amide bonds. The van der Waals surface area contributed by atoms with Crippen LogP contribution in [0.3, 0.4) is 0 Å². The molecular formula is C25H24ClFN2O2S. The number of nitrogens with zero attached hydrogens (tertiary/aromatic N) is 2. The minimum absolute atomic E-state index is 0.0259. The van der Waals surface area contributed by atoms with E-state index in [0.717, 1.165) is 17.5 Å². The first-order valence-electron chi connectivity index (χ1n) is 10.5. The molecule has 0 radical (unpaired) electrons. The third kappa shape index (κ3) is 4.43. The molecule has 166 valence electrons. The summed E-state index contributed by atoms with van der Waals surface area (Å²) in [5.41, 5.74) is 2.05. The fourth-order valence-corrected chi connectivity index (χ4v) is 5.13. The first kappa shape index (κ1) is 22.5. The van der Waals surface area contributed by atoms with Gasteiger partial charge in [0.25, 0.3) is 5.91 Å². The number of rotatable bonds is 5. The van der Waals surface area contributed by atoms with Crippen LogP contribution in [0.25, 0.3) is 0 Å². The van der Waals surface area contributed by atoms with Gasteiger partial charge < -0.3 is 9.80 Å². The van der Waals surface area contributed by atoms with Gasteiger partial charge in [-0.15, -0.1) is 11.3 Å². The van der Waals surface area contributed by atoms with Crippen LogP contribution in [0.15, 0.2) is 60.0 Å². The van der Waals surface area contributed by atoms with Crippen LogP contribution in [-0.2, 0) is 11.2 Å². The molecule has 0 saturated heterocycles. The molecule has 0 aliphatic carbocycles. The Kier molecular flexibility index (Phi) is 6.63. The molecule has 0 spiro atoms. The van der Waals surface area contributed by atoms with E-state index in [2.05, 4.69) is 6.07 Å². The summed E-state index contributed by atoms with van der Waals surface area (Å²) in [7, 11) is 0. The van der Waals surface area contributed by atoms with Gasteiger partial charge >= 0.3 is 0 Å². The van der Waals surface area contributed by atoms with E-state index in [1.54, 1.807) is 23.5 Å². The molecule has 1 atom stereocenters. The molecule has 32 heavy (non-hydrogen) atoms. The first-order valence-corrected chi connectivity index (χ1v) is 11.8. The lowest BCUT2D eigenvalue weighted by Crippen LogP contribution is -2.48. The first-order chi connectivity index (χ1) is 15.4. The summed E-state index contributed by atoms with van der Waals surface area (Å²) in [6.07, 6.45) is 0.770. The number of halogens is 2. The molecule has 0 saturated carbocycles. The van der Waals surface area contributed by atoms with Crippen molar-refractivity contribution in [3.63, 3.8) is 0 Å². The van der Waals surface area contributed by atoms with Crippen LogP contribution in [0.1, 0.15) is 46.3 Å². The molecule has 2 aromatic carbocycles. The number of carbonyl (C=O) groups is 2. The second kappa shape index (κ2) is 9.43. The summed E-state index contributed by atoms with van der Waals surface area (Å²) in [5.74, 6) is -1.24. The molecule has 3 aromatic rings. The van der Waals surface area contributed by atoms with Gasteiger partial charge in [0.05, 0.1) is 11.6 Å². The number of thiophene rings is 1. The van der Waals surface area contributed by atoms with Gasteiger partial charge in [0, 0.05) is 22.5 Å². The fraction of sp³-hybridized carbons (Fsp3) is 0.280. The maximum Gasteiger partial charge on any atom is 0.257 e. The second-order valence-electron chi connectivity index (χ2n) is 8.10. The van der Waals surface area contributed by atoms with Crippen molar-refractivity contribution >= 4 is 34.8 Å². The van der Waals surface area contributed by atoms with Gasteiger partial charge in [-0.05, 0) is 67.1 Å². The summed E-state index contributed by atoms with van der Waals surface area (Å²) in [5, 5.41) is 2.68. The zero-order chi connectivity index (χ0) is 22.8. The smallest absolute Gasteiger partial charge is 0.257 e. The van der Waals surface area contributed by atoms with E-state index in [0.29, 0.717) is 11.6 Å². The normalized spacial score (nSPS) is 15.5. The Morgan fingerprint density at radius 2 is 1.88 bits per heavy atom. The maximum absolute atomic E-state index is 14.2. The summed E-state index contributed by atoms with van der Waals surface area (Å²) < 4.78 is 14.2. The lowest BCUT2D eigenvalue weighted by molar-refractivity contribution is -0.134. The molecule has 1 unspecified atom stereocenters. The molecule has 7 heteroatoms. The number of fused-ring (bicyclic) bond motifs is 1. The van der Waals surface area contributed by atoms with E-state index in [1.165, 1.54) is 21.9 Å². The Morgan fingerprint density at radius 3 is 2.56 bits per heavy atom. The molecule has 0 bridgehead atoms. The quantitative estimate of drug-likeness (QED) is 0.489. The van der Waals surface area contributed by atoms with Crippen molar-refractivity contribution in [2.45, 2.75) is 32.4 Å². The van der Waals surface area contributed by atoms with Crippen LogP contribution in [-0.4, -0.2) is 40.7 Å². The Morgan fingerprint density at radius 1 is 1.16 bits per heavy atom. The maximum atomic E-state index is 14.2. The summed E-state index contributed by atoms with van der Waals surface area (Å²) in [4.78, 5) is 31.1. The molecule has 2 heterocycles. The molecule has 4 nitrogen and oxygen atoms in total. The van der Waals surface area contributed by atoms with Crippen LogP contribution in [0.4, 0.5) is 4.39 Å². The highest BCUT2D eigenvalue weighted by Gasteiger charge is 2.34. The highest BCUT2D eigenvalue weighted by molar-refractivity contribution is 7.10. The van der Waals surface area contributed by atoms with Gasteiger partial charge in [-0.3, -0.25) is 9.59 Å². The largest absolute Gasteiger partial charge is 0.330 e. The van der Waals surface area contributed by atoms with Crippen molar-refractivity contribution in [1.82, 2.24) is 9.80 Å². The highest BCUT2D eigenvalue weighted by atomic mass is 35.5. The second-order valence-corrected chi connectivity index (χ2v) is 9.53. The zero-order valence-corrected chi connectivity index (χ0v) is 19.5. The van der Waals surface area contributed by atoms with Gasteiger partial charge in [-0.2, -0.15) is 0 Å². The number of hydrogen-bond acceptors (Lipinski definition) is 3. The molecular weight excluding hydrogens is 447 g/mol.